The van der Waals surface area contributed by atoms with Gasteiger partial charge in [0.1, 0.15) is 30.0 Å². The van der Waals surface area contributed by atoms with Crippen LogP contribution in [-0.4, -0.2) is 75.4 Å². The first-order valence-corrected chi connectivity index (χ1v) is 12.5. The van der Waals surface area contributed by atoms with Gasteiger partial charge in [0, 0.05) is 46.2 Å². The lowest BCUT2D eigenvalue weighted by Crippen LogP contribution is -2.52. The van der Waals surface area contributed by atoms with Crippen molar-refractivity contribution in [1.29, 1.82) is 0 Å². The van der Waals surface area contributed by atoms with Crippen molar-refractivity contribution in [3.8, 4) is 17.2 Å². The number of methoxy groups -OCH3 is 1. The molecule has 1 saturated heterocycles. The summed E-state index contributed by atoms with van der Waals surface area (Å²) in [4.78, 5) is 26.1. The summed E-state index contributed by atoms with van der Waals surface area (Å²) < 4.78 is 17.3. The molecule has 3 aliphatic rings. The maximum absolute atomic E-state index is 13.5. The summed E-state index contributed by atoms with van der Waals surface area (Å²) in [7, 11) is 1.39. The molecular weight excluding hydrogens is 498 g/mol. The Morgan fingerprint density at radius 1 is 1.13 bits per heavy atom. The molecule has 5 rings (SSSR count). The Morgan fingerprint density at radius 3 is 2.53 bits per heavy atom. The highest BCUT2D eigenvalue weighted by Gasteiger charge is 2.45. The van der Waals surface area contributed by atoms with Crippen LogP contribution in [0.1, 0.15) is 70.1 Å². The molecule has 204 valence electrons. The molecule has 0 amide bonds. The number of Topliss-reactive ketones (excluding diaryl/α,β-unsaturated/α-hetero) is 1. The van der Waals surface area contributed by atoms with Crippen LogP contribution >= 0.6 is 0 Å². The van der Waals surface area contributed by atoms with Crippen LogP contribution in [0.25, 0.3) is 0 Å². The highest BCUT2D eigenvalue weighted by molar-refractivity contribution is 6.15. The van der Waals surface area contributed by atoms with Crippen molar-refractivity contribution >= 4 is 11.6 Å². The van der Waals surface area contributed by atoms with E-state index in [1.165, 1.54) is 13.2 Å². The van der Waals surface area contributed by atoms with Crippen molar-refractivity contribution in [2.75, 3.05) is 13.7 Å². The number of phenols is 2. The third-order valence-electron chi connectivity index (χ3n) is 7.88. The molecule has 0 aromatic heterocycles. The van der Waals surface area contributed by atoms with E-state index in [1.807, 2.05) is 0 Å². The minimum absolute atomic E-state index is 0.0359. The fourth-order valence-corrected chi connectivity index (χ4v) is 5.90. The number of carbonyl (C=O) groups is 2. The summed E-state index contributed by atoms with van der Waals surface area (Å²) in [6.45, 7) is 0.905. The fourth-order valence-electron chi connectivity index (χ4n) is 5.90. The number of carbonyl (C=O) groups excluding carboxylic acids is 2. The Bertz CT molecular complexity index is 1280. The van der Waals surface area contributed by atoms with E-state index < -0.39 is 72.3 Å². The van der Waals surface area contributed by atoms with Crippen molar-refractivity contribution in [3.63, 3.8) is 0 Å². The topological polar surface area (TPSA) is 189 Å². The predicted octanol–water partition coefficient (Wildman–Crippen LogP) is 0.737. The third kappa shape index (κ3) is 4.06. The van der Waals surface area contributed by atoms with Crippen LogP contribution in [0.2, 0.25) is 0 Å². The van der Waals surface area contributed by atoms with Gasteiger partial charge in [-0.1, -0.05) is 12.1 Å². The van der Waals surface area contributed by atoms with Gasteiger partial charge in [-0.15, -0.1) is 0 Å². The molecule has 0 spiro atoms. The molecule has 0 saturated carbocycles. The van der Waals surface area contributed by atoms with E-state index in [1.54, 1.807) is 19.1 Å². The van der Waals surface area contributed by atoms with Gasteiger partial charge in [-0.3, -0.25) is 9.59 Å². The van der Waals surface area contributed by atoms with Crippen LogP contribution in [0.3, 0.4) is 0 Å². The lowest BCUT2D eigenvalue weighted by molar-refractivity contribution is -0.243. The summed E-state index contributed by atoms with van der Waals surface area (Å²) in [6, 6.07) is 4.00. The Kier molecular flexibility index (Phi) is 6.93. The number of aliphatic hydroxyl groups excluding tert-OH is 3. The standard InChI is InChI=1S/C27H31NO10/c1-10-23(31)14(28)8-18(37-10)38-17-7-11(15(30)9-29)6-13-20(17)27(35)22-21(25(13)33)24(32)12-4-3-5-16(36-2)19(12)26(22)34/h3-5,10-11,14,17-18,23,26,29,31,33-35H,6-9,28H2,1-2H3. The Morgan fingerprint density at radius 2 is 1.87 bits per heavy atom. The molecule has 1 fully saturated rings. The molecule has 0 bridgehead atoms. The fraction of sp³-hybridized carbons (Fsp3) is 0.481. The second-order valence-electron chi connectivity index (χ2n) is 10.1. The number of benzene rings is 2. The van der Waals surface area contributed by atoms with Gasteiger partial charge in [0.2, 0.25) is 0 Å². The third-order valence-corrected chi connectivity index (χ3v) is 7.88. The first-order valence-electron chi connectivity index (χ1n) is 12.5. The molecule has 2 aliphatic carbocycles. The van der Waals surface area contributed by atoms with E-state index in [4.69, 9.17) is 19.9 Å². The molecule has 2 aromatic rings. The number of ether oxygens (including phenoxy) is 3. The van der Waals surface area contributed by atoms with E-state index in [0.29, 0.717) is 0 Å². The average Bonchev–Trinajstić information content (AvgIpc) is 2.90. The van der Waals surface area contributed by atoms with Crippen molar-refractivity contribution in [2.45, 2.75) is 62.9 Å². The lowest BCUT2D eigenvalue weighted by atomic mass is 9.73. The van der Waals surface area contributed by atoms with Crippen molar-refractivity contribution < 1.29 is 49.3 Å². The molecule has 11 heteroatoms. The van der Waals surface area contributed by atoms with Crippen molar-refractivity contribution in [2.24, 2.45) is 11.7 Å². The van der Waals surface area contributed by atoms with Crippen LogP contribution < -0.4 is 10.5 Å². The second kappa shape index (κ2) is 9.92. The lowest BCUT2D eigenvalue weighted by Gasteiger charge is -2.40. The maximum atomic E-state index is 13.5. The number of hydrogen-bond acceptors (Lipinski definition) is 11. The minimum atomic E-state index is -1.50. The molecule has 2 aromatic carbocycles. The van der Waals surface area contributed by atoms with Crippen LogP contribution in [-0.2, 0) is 20.7 Å². The number of aliphatic hydroxyl groups is 3. The molecule has 7 atom stereocenters. The van der Waals surface area contributed by atoms with Crippen LogP contribution in [0.15, 0.2) is 18.2 Å². The number of rotatable bonds is 5. The average molecular weight is 530 g/mol. The second-order valence-corrected chi connectivity index (χ2v) is 10.1. The molecule has 11 nitrogen and oxygen atoms in total. The monoisotopic (exact) mass is 529 g/mol. The van der Waals surface area contributed by atoms with E-state index >= 15 is 0 Å². The quantitative estimate of drug-likeness (QED) is 0.300. The summed E-state index contributed by atoms with van der Waals surface area (Å²) >= 11 is 0. The van der Waals surface area contributed by atoms with Gasteiger partial charge < -0.3 is 45.5 Å². The van der Waals surface area contributed by atoms with Crippen molar-refractivity contribution in [3.05, 3.63) is 51.6 Å². The van der Waals surface area contributed by atoms with Gasteiger partial charge in [0.25, 0.3) is 0 Å². The molecule has 1 aliphatic heterocycles. The van der Waals surface area contributed by atoms with Crippen molar-refractivity contribution in [1.82, 2.24) is 0 Å². The highest BCUT2D eigenvalue weighted by atomic mass is 16.7. The predicted molar refractivity (Wildman–Crippen MR) is 131 cm³/mol. The largest absolute Gasteiger partial charge is 0.507 e. The first-order chi connectivity index (χ1) is 18.1. The minimum Gasteiger partial charge on any atom is -0.507 e. The molecule has 38 heavy (non-hydrogen) atoms. The van der Waals surface area contributed by atoms with Crippen LogP contribution in [0, 0.1) is 5.92 Å². The number of hydrogen-bond donors (Lipinski definition) is 6. The van der Waals surface area contributed by atoms with Gasteiger partial charge in [0.15, 0.2) is 17.9 Å². The SMILES string of the molecule is COc1cccc2c1C(O)c1c(O)c3c(c(O)c1C2=O)CC(C(=O)CO)CC3OC1CC(N)C(O)C(C)O1. The van der Waals surface area contributed by atoms with E-state index in [9.17, 15) is 35.1 Å². The van der Waals surface area contributed by atoms with Gasteiger partial charge in [-0.2, -0.15) is 0 Å². The zero-order valence-electron chi connectivity index (χ0n) is 21.0. The summed E-state index contributed by atoms with van der Waals surface area (Å²) in [5.74, 6) is -2.57. The number of fused-ring (bicyclic) bond motifs is 3. The van der Waals surface area contributed by atoms with E-state index in [0.717, 1.165) is 0 Å². The number of aromatic hydroxyl groups is 2. The van der Waals surface area contributed by atoms with Gasteiger partial charge >= 0.3 is 0 Å². The summed E-state index contributed by atoms with van der Waals surface area (Å²) in [5.41, 5.74) is 6.09. The van der Waals surface area contributed by atoms with E-state index in [-0.39, 0.29) is 58.4 Å². The zero-order valence-corrected chi connectivity index (χ0v) is 21.0. The number of nitrogens with two attached hydrogens (primary N) is 1. The van der Waals surface area contributed by atoms with Gasteiger partial charge in [-0.25, -0.2) is 0 Å². The number of phenolic OH excluding ortho intramolecular Hbond substituents is 2. The molecule has 0 radical (unpaired) electrons. The molecule has 7 unspecified atom stereocenters. The Hall–Kier alpha value is -3.06. The molecule has 1 heterocycles. The summed E-state index contributed by atoms with van der Waals surface area (Å²) in [6.07, 6.45) is -4.88. The van der Waals surface area contributed by atoms with Gasteiger partial charge in [0.05, 0.1) is 31.0 Å². The van der Waals surface area contributed by atoms with E-state index in [2.05, 4.69) is 0 Å². The Balaban J connectivity index is 1.65. The maximum Gasteiger partial charge on any atom is 0.197 e. The van der Waals surface area contributed by atoms with Crippen LogP contribution in [0.5, 0.6) is 17.2 Å². The smallest absolute Gasteiger partial charge is 0.197 e. The first kappa shape index (κ1) is 26.5. The highest BCUT2D eigenvalue weighted by Crippen LogP contribution is 2.54. The normalized spacial score (nSPS) is 30.3. The Labute approximate surface area is 218 Å². The summed E-state index contributed by atoms with van der Waals surface area (Å²) in [5, 5.41) is 53.9. The molecule has 7 N–H and O–H groups in total. The number of ketones is 2. The zero-order chi connectivity index (χ0) is 27.5. The molecular formula is C27H31NO10. The van der Waals surface area contributed by atoms with Crippen LogP contribution in [0.4, 0.5) is 0 Å². The van der Waals surface area contributed by atoms with Gasteiger partial charge in [-0.05, 0) is 25.8 Å².